The topological polar surface area (TPSA) is 90.4 Å². The van der Waals surface area contributed by atoms with Crippen LogP contribution < -0.4 is 0 Å². The summed E-state index contributed by atoms with van der Waals surface area (Å²) in [6, 6.07) is 27.5. The summed E-state index contributed by atoms with van der Waals surface area (Å²) in [5.74, 6) is -2.46. The van der Waals surface area contributed by atoms with E-state index >= 15 is 0 Å². The minimum Gasteiger partial charge on any atom is -0.394 e. The monoisotopic (exact) mass is 603 g/mol. The van der Waals surface area contributed by atoms with Crippen molar-refractivity contribution in [3.8, 4) is 0 Å². The van der Waals surface area contributed by atoms with E-state index in [2.05, 4.69) is 0 Å². The first-order valence-electron chi connectivity index (χ1n) is 15.6. The van der Waals surface area contributed by atoms with Crippen LogP contribution in [0.4, 0.5) is 0 Å². The van der Waals surface area contributed by atoms with E-state index in [0.717, 1.165) is 16.7 Å². The summed E-state index contributed by atoms with van der Waals surface area (Å²) in [5, 5.41) is 10.7. The smallest absolute Gasteiger partial charge is 0.249 e. The van der Waals surface area contributed by atoms with Crippen molar-refractivity contribution < 1.29 is 24.2 Å². The van der Waals surface area contributed by atoms with E-state index in [4.69, 9.17) is 4.74 Å². The van der Waals surface area contributed by atoms with Gasteiger partial charge in [-0.2, -0.15) is 0 Å². The maximum Gasteiger partial charge on any atom is 0.249 e. The van der Waals surface area contributed by atoms with Gasteiger partial charge in [0.05, 0.1) is 30.6 Å². The SMILES string of the molecule is O=C1C2N([C@@H](CO)Cc3ccccc3)C(=O)[C@@H]3[C@@H]4C(=O)N(Cc5ccccc5)CC=C[C@@H]4O[C@]23C=CCN1Cc1ccccc1. The van der Waals surface area contributed by atoms with E-state index in [-0.39, 0.29) is 24.3 Å². The zero-order valence-electron chi connectivity index (χ0n) is 25.0. The number of nitrogens with zero attached hydrogens (tertiary/aromatic N) is 3. The molecule has 8 heteroatoms. The van der Waals surface area contributed by atoms with Crippen molar-refractivity contribution in [2.75, 3.05) is 19.7 Å². The lowest BCUT2D eigenvalue weighted by atomic mass is 9.77. The lowest BCUT2D eigenvalue weighted by molar-refractivity contribution is -0.151. The van der Waals surface area contributed by atoms with Gasteiger partial charge >= 0.3 is 0 Å². The van der Waals surface area contributed by atoms with Crippen molar-refractivity contribution in [2.45, 2.75) is 43.3 Å². The molecule has 7 rings (SSSR count). The van der Waals surface area contributed by atoms with Crippen LogP contribution >= 0.6 is 0 Å². The van der Waals surface area contributed by atoms with E-state index in [1.165, 1.54) is 0 Å². The van der Waals surface area contributed by atoms with Gasteiger partial charge in [-0.1, -0.05) is 115 Å². The predicted octanol–water partition coefficient (Wildman–Crippen LogP) is 3.37. The van der Waals surface area contributed by atoms with Crippen molar-refractivity contribution in [1.82, 2.24) is 14.7 Å². The Bertz CT molecular complexity index is 1610. The standard InChI is InChI=1S/C37H37N3O5/c41-25-29(22-26-12-4-1-5-13-26)40-33-36(44)39(24-28-16-8-3-9-17-28)21-11-19-37(33)32(35(40)43)31-30(45-37)18-10-20-38(34(31)42)23-27-14-6-2-7-15-27/h1-19,29-33,41H,20-25H2/t29-,30+,31-,32+,33?,37+/m1/s1. The molecule has 230 valence electrons. The summed E-state index contributed by atoms with van der Waals surface area (Å²) in [5.41, 5.74) is 1.55. The van der Waals surface area contributed by atoms with Crippen LogP contribution in [0.25, 0.3) is 0 Å². The molecule has 2 saturated heterocycles. The van der Waals surface area contributed by atoms with Gasteiger partial charge in [-0.3, -0.25) is 14.4 Å². The van der Waals surface area contributed by atoms with Gasteiger partial charge in [0.2, 0.25) is 17.7 Å². The highest BCUT2D eigenvalue weighted by Crippen LogP contribution is 2.54. The van der Waals surface area contributed by atoms with Crippen molar-refractivity contribution in [1.29, 1.82) is 0 Å². The third kappa shape index (κ3) is 5.18. The van der Waals surface area contributed by atoms with E-state index in [1.54, 1.807) is 14.7 Å². The molecular weight excluding hydrogens is 566 g/mol. The van der Waals surface area contributed by atoms with Crippen LogP contribution in [-0.4, -0.2) is 81.0 Å². The Balaban J connectivity index is 1.29. The van der Waals surface area contributed by atoms with Crippen molar-refractivity contribution in [3.63, 3.8) is 0 Å². The number of amides is 3. The molecule has 0 bridgehead atoms. The summed E-state index contributed by atoms with van der Waals surface area (Å²) >= 11 is 0. The number of carbonyl (C=O) groups is 3. The van der Waals surface area contributed by atoms with Gasteiger partial charge in [-0.15, -0.1) is 0 Å². The first-order valence-corrected chi connectivity index (χ1v) is 15.6. The minimum atomic E-state index is -1.35. The lowest BCUT2D eigenvalue weighted by Crippen LogP contribution is -2.58. The number of hydrogen-bond acceptors (Lipinski definition) is 5. The molecule has 3 amide bonds. The molecule has 3 aromatic carbocycles. The van der Waals surface area contributed by atoms with Gasteiger partial charge in [0.1, 0.15) is 11.6 Å². The second kappa shape index (κ2) is 12.1. The molecule has 2 fully saturated rings. The van der Waals surface area contributed by atoms with E-state index in [1.807, 2.05) is 115 Å². The molecule has 0 saturated carbocycles. The fraction of sp³-hybridized carbons (Fsp3) is 0.324. The highest BCUT2D eigenvalue weighted by Gasteiger charge is 2.72. The number of likely N-dealkylation sites (tertiary alicyclic amines) is 1. The number of ether oxygens (including phenoxy) is 1. The number of fused-ring (bicyclic) bond motifs is 2. The highest BCUT2D eigenvalue weighted by molar-refractivity contribution is 6.00. The lowest BCUT2D eigenvalue weighted by Gasteiger charge is -2.38. The molecule has 4 heterocycles. The Kier molecular flexibility index (Phi) is 7.85. The molecule has 45 heavy (non-hydrogen) atoms. The molecule has 0 radical (unpaired) electrons. The fourth-order valence-corrected chi connectivity index (χ4v) is 7.60. The van der Waals surface area contributed by atoms with Crippen molar-refractivity contribution in [3.05, 3.63) is 132 Å². The van der Waals surface area contributed by atoms with Crippen LogP contribution in [-0.2, 0) is 38.6 Å². The first kappa shape index (κ1) is 29.2. The number of benzene rings is 3. The molecule has 3 aromatic rings. The molecule has 1 spiro atoms. The second-order valence-electron chi connectivity index (χ2n) is 12.4. The third-order valence-electron chi connectivity index (χ3n) is 9.61. The van der Waals surface area contributed by atoms with Crippen LogP contribution in [0, 0.1) is 11.8 Å². The number of hydrogen-bond donors (Lipinski definition) is 1. The quantitative estimate of drug-likeness (QED) is 0.399. The Morgan fingerprint density at radius 1 is 0.733 bits per heavy atom. The number of aliphatic hydroxyl groups is 1. The predicted molar refractivity (Wildman–Crippen MR) is 168 cm³/mol. The number of carbonyl (C=O) groups excluding carboxylic acids is 3. The summed E-state index contributed by atoms with van der Waals surface area (Å²) < 4.78 is 6.81. The minimum absolute atomic E-state index is 0.167. The van der Waals surface area contributed by atoms with Crippen molar-refractivity contribution >= 4 is 17.7 Å². The molecular formula is C37H37N3O5. The Morgan fingerprint density at radius 2 is 1.29 bits per heavy atom. The van der Waals surface area contributed by atoms with Crippen LogP contribution in [0.2, 0.25) is 0 Å². The normalized spacial score (nSPS) is 28.0. The fourth-order valence-electron chi connectivity index (χ4n) is 7.60. The van der Waals surface area contributed by atoms with Gasteiger partial charge in [-0.25, -0.2) is 0 Å². The Hall–Kier alpha value is -4.53. The number of rotatable bonds is 8. The van der Waals surface area contributed by atoms with Gasteiger partial charge in [-0.05, 0) is 23.1 Å². The maximum atomic E-state index is 14.8. The van der Waals surface area contributed by atoms with Gasteiger partial charge in [0.25, 0.3) is 0 Å². The average Bonchev–Trinajstić information content (AvgIpc) is 3.40. The molecule has 4 aliphatic heterocycles. The summed E-state index contributed by atoms with van der Waals surface area (Å²) in [6.07, 6.45) is 7.27. The van der Waals surface area contributed by atoms with E-state index < -0.39 is 35.6 Å². The first-order chi connectivity index (χ1) is 22.0. The Labute approximate surface area is 263 Å². The summed E-state index contributed by atoms with van der Waals surface area (Å²) in [7, 11) is 0. The molecule has 0 aliphatic carbocycles. The summed E-state index contributed by atoms with van der Waals surface area (Å²) in [6.45, 7) is 1.17. The number of aliphatic hydroxyl groups excluding tert-OH is 1. The van der Waals surface area contributed by atoms with Crippen LogP contribution in [0.1, 0.15) is 16.7 Å². The molecule has 0 aromatic heterocycles. The van der Waals surface area contributed by atoms with Crippen LogP contribution in [0.15, 0.2) is 115 Å². The maximum absolute atomic E-state index is 14.8. The second-order valence-corrected chi connectivity index (χ2v) is 12.4. The van der Waals surface area contributed by atoms with Gasteiger partial charge in [0.15, 0.2) is 0 Å². The average molecular weight is 604 g/mol. The third-order valence-corrected chi connectivity index (χ3v) is 9.61. The van der Waals surface area contributed by atoms with Gasteiger partial charge in [0, 0.05) is 26.2 Å². The molecule has 1 unspecified atom stereocenters. The molecule has 1 N–H and O–H groups in total. The van der Waals surface area contributed by atoms with Crippen molar-refractivity contribution in [2.24, 2.45) is 11.8 Å². The van der Waals surface area contributed by atoms with E-state index in [9.17, 15) is 19.5 Å². The van der Waals surface area contributed by atoms with Crippen LogP contribution in [0.5, 0.6) is 0 Å². The van der Waals surface area contributed by atoms with E-state index in [0.29, 0.717) is 32.6 Å². The molecule has 4 aliphatic rings. The summed E-state index contributed by atoms with van der Waals surface area (Å²) in [4.78, 5) is 48.9. The molecule has 8 nitrogen and oxygen atoms in total. The zero-order chi connectivity index (χ0) is 31.0. The highest BCUT2D eigenvalue weighted by atomic mass is 16.5. The zero-order valence-corrected chi connectivity index (χ0v) is 25.0. The largest absolute Gasteiger partial charge is 0.394 e. The van der Waals surface area contributed by atoms with Gasteiger partial charge < -0.3 is 24.5 Å². The molecule has 6 atom stereocenters. The Morgan fingerprint density at radius 3 is 1.89 bits per heavy atom. The van der Waals surface area contributed by atoms with Crippen LogP contribution in [0.3, 0.4) is 0 Å².